The van der Waals surface area contributed by atoms with E-state index in [0.717, 1.165) is 15.2 Å². The minimum Gasteiger partial charge on any atom is -0.397 e. The van der Waals surface area contributed by atoms with Gasteiger partial charge in [0.05, 0.1) is 12.2 Å². The first-order chi connectivity index (χ1) is 9.25. The second-order valence-corrected chi connectivity index (χ2v) is 5.79. The van der Waals surface area contributed by atoms with Gasteiger partial charge in [0, 0.05) is 23.2 Å². The van der Waals surface area contributed by atoms with Crippen LogP contribution in [0.25, 0.3) is 10.2 Å². The topological polar surface area (TPSA) is 80.9 Å². The fourth-order valence-electron chi connectivity index (χ4n) is 1.70. The maximum absolute atomic E-state index is 12.1. The number of fused-ring (bicyclic) bond motifs is 1. The van der Waals surface area contributed by atoms with Gasteiger partial charge in [-0.25, -0.2) is 9.97 Å². The summed E-state index contributed by atoms with van der Waals surface area (Å²) in [6, 6.07) is 3.68. The highest BCUT2D eigenvalue weighted by Crippen LogP contribution is 2.31. The number of thiophene rings is 1. The Kier molecular flexibility index (Phi) is 3.14. The lowest BCUT2D eigenvalue weighted by Gasteiger charge is -2.01. The van der Waals surface area contributed by atoms with E-state index in [0.29, 0.717) is 17.1 Å². The van der Waals surface area contributed by atoms with Crippen molar-refractivity contribution in [2.45, 2.75) is 6.54 Å². The van der Waals surface area contributed by atoms with Gasteiger partial charge in [0.1, 0.15) is 14.7 Å². The van der Waals surface area contributed by atoms with Crippen LogP contribution in [-0.2, 0) is 6.54 Å². The maximum atomic E-state index is 12.1. The lowest BCUT2D eigenvalue weighted by atomic mass is 10.2. The maximum Gasteiger partial charge on any atom is 0.263 e. The van der Waals surface area contributed by atoms with E-state index in [4.69, 9.17) is 5.73 Å². The van der Waals surface area contributed by atoms with E-state index in [2.05, 4.69) is 15.3 Å². The second-order valence-electron chi connectivity index (χ2n) is 3.81. The second kappa shape index (κ2) is 4.94. The number of thiazole rings is 1. The molecular weight excluding hydrogens is 280 g/mol. The molecule has 0 aliphatic heterocycles. The summed E-state index contributed by atoms with van der Waals surface area (Å²) >= 11 is 2.81. The molecule has 0 aromatic carbocycles. The predicted octanol–water partition coefficient (Wildman–Crippen LogP) is 2.26. The van der Waals surface area contributed by atoms with E-state index in [1.54, 1.807) is 12.4 Å². The van der Waals surface area contributed by atoms with E-state index in [9.17, 15) is 4.79 Å². The highest BCUT2D eigenvalue weighted by atomic mass is 32.1. The van der Waals surface area contributed by atoms with Gasteiger partial charge in [0.25, 0.3) is 5.91 Å². The molecule has 5 nitrogen and oxygen atoms in total. The van der Waals surface area contributed by atoms with Crippen molar-refractivity contribution in [2.75, 3.05) is 5.73 Å². The van der Waals surface area contributed by atoms with E-state index < -0.39 is 0 Å². The molecule has 7 heteroatoms. The fraction of sp³-hybridized carbons (Fsp3) is 0.0833. The number of nitrogens with one attached hydrogen (secondary N) is 1. The first-order valence-electron chi connectivity index (χ1n) is 5.55. The Morgan fingerprint density at radius 1 is 1.37 bits per heavy atom. The van der Waals surface area contributed by atoms with Crippen LogP contribution in [-0.4, -0.2) is 15.9 Å². The molecule has 3 aromatic rings. The zero-order valence-corrected chi connectivity index (χ0v) is 11.4. The molecule has 0 aliphatic carbocycles. The van der Waals surface area contributed by atoms with Crippen molar-refractivity contribution in [1.29, 1.82) is 0 Å². The number of amides is 1. The van der Waals surface area contributed by atoms with Crippen molar-refractivity contribution in [2.24, 2.45) is 0 Å². The number of hydrogen-bond acceptors (Lipinski definition) is 6. The summed E-state index contributed by atoms with van der Waals surface area (Å²) in [5.41, 5.74) is 6.48. The predicted molar refractivity (Wildman–Crippen MR) is 77.3 cm³/mol. The number of carbonyl (C=O) groups excluding carboxylic acids is 1. The number of carbonyl (C=O) groups is 1. The Morgan fingerprint density at radius 2 is 2.26 bits per heavy atom. The Hall–Kier alpha value is -1.99. The van der Waals surface area contributed by atoms with Gasteiger partial charge in [-0.1, -0.05) is 0 Å². The van der Waals surface area contributed by atoms with Crippen molar-refractivity contribution in [3.05, 3.63) is 39.8 Å². The minimum absolute atomic E-state index is 0.185. The Balaban J connectivity index is 1.83. The summed E-state index contributed by atoms with van der Waals surface area (Å²) in [6.07, 6.45) is 3.40. The van der Waals surface area contributed by atoms with E-state index in [-0.39, 0.29) is 5.91 Å². The number of anilines is 1. The van der Waals surface area contributed by atoms with Crippen molar-refractivity contribution >= 4 is 44.5 Å². The molecule has 0 unspecified atom stereocenters. The summed E-state index contributed by atoms with van der Waals surface area (Å²) < 4.78 is 0. The number of pyridine rings is 1. The van der Waals surface area contributed by atoms with E-state index >= 15 is 0 Å². The highest BCUT2D eigenvalue weighted by Gasteiger charge is 2.16. The summed E-state index contributed by atoms with van der Waals surface area (Å²) in [5.74, 6) is -0.185. The van der Waals surface area contributed by atoms with Crippen molar-refractivity contribution in [3.63, 3.8) is 0 Å². The molecule has 3 aromatic heterocycles. The largest absolute Gasteiger partial charge is 0.397 e. The van der Waals surface area contributed by atoms with Gasteiger partial charge in [-0.05, 0) is 12.1 Å². The van der Waals surface area contributed by atoms with Crippen LogP contribution in [0.15, 0.2) is 29.9 Å². The van der Waals surface area contributed by atoms with Crippen molar-refractivity contribution < 1.29 is 4.79 Å². The van der Waals surface area contributed by atoms with Crippen LogP contribution >= 0.6 is 22.7 Å². The van der Waals surface area contributed by atoms with Crippen LogP contribution in [0.2, 0.25) is 0 Å². The molecule has 3 N–H and O–H groups in total. The third-order valence-electron chi connectivity index (χ3n) is 2.59. The third-order valence-corrected chi connectivity index (χ3v) is 4.50. The molecule has 0 bridgehead atoms. The number of aromatic nitrogens is 2. The van der Waals surface area contributed by atoms with Gasteiger partial charge in [0.15, 0.2) is 0 Å². The Bertz CT molecular complexity index is 720. The molecule has 96 valence electrons. The molecule has 0 radical (unpaired) electrons. The normalized spacial score (nSPS) is 10.7. The first kappa shape index (κ1) is 12.1. The smallest absolute Gasteiger partial charge is 0.263 e. The van der Waals surface area contributed by atoms with E-state index in [1.807, 2.05) is 17.5 Å². The SMILES string of the molecule is Nc1c(C(=O)NCc2nccs2)sc2ncccc12. The average molecular weight is 290 g/mol. The number of nitrogens with zero attached hydrogens (tertiary/aromatic N) is 2. The lowest BCUT2D eigenvalue weighted by molar-refractivity contribution is 0.0956. The summed E-state index contributed by atoms with van der Waals surface area (Å²) in [6.45, 7) is 0.414. The van der Waals surface area contributed by atoms with Crippen molar-refractivity contribution in [1.82, 2.24) is 15.3 Å². The number of nitrogen functional groups attached to an aromatic ring is 1. The summed E-state index contributed by atoms with van der Waals surface area (Å²) in [5, 5.41) is 6.38. The van der Waals surface area contributed by atoms with Gasteiger partial charge in [-0.15, -0.1) is 22.7 Å². The number of nitrogens with two attached hydrogens (primary N) is 1. The fourth-order valence-corrected chi connectivity index (χ4v) is 3.23. The Morgan fingerprint density at radius 3 is 3.00 bits per heavy atom. The third kappa shape index (κ3) is 2.29. The van der Waals surface area contributed by atoms with Crippen LogP contribution in [0.3, 0.4) is 0 Å². The minimum atomic E-state index is -0.185. The Labute approximate surface area is 117 Å². The molecule has 0 saturated heterocycles. The van der Waals surface area contributed by atoms with Gasteiger partial charge < -0.3 is 11.1 Å². The van der Waals surface area contributed by atoms with Gasteiger partial charge in [0.2, 0.25) is 0 Å². The summed E-state index contributed by atoms with van der Waals surface area (Å²) in [7, 11) is 0. The zero-order valence-electron chi connectivity index (χ0n) is 9.79. The number of hydrogen-bond donors (Lipinski definition) is 2. The average Bonchev–Trinajstić information content (AvgIpc) is 3.05. The lowest BCUT2D eigenvalue weighted by Crippen LogP contribution is -2.22. The zero-order chi connectivity index (χ0) is 13.2. The quantitative estimate of drug-likeness (QED) is 0.775. The monoisotopic (exact) mass is 290 g/mol. The molecule has 0 aliphatic rings. The first-order valence-corrected chi connectivity index (χ1v) is 7.25. The standard InChI is InChI=1S/C12H10N4OS2/c13-9-7-2-1-3-15-12(7)19-10(9)11(17)16-6-8-14-4-5-18-8/h1-5H,6,13H2,(H,16,17). The highest BCUT2D eigenvalue weighted by molar-refractivity contribution is 7.21. The van der Waals surface area contributed by atoms with E-state index in [1.165, 1.54) is 22.7 Å². The van der Waals surface area contributed by atoms with Crippen LogP contribution < -0.4 is 11.1 Å². The van der Waals surface area contributed by atoms with Crippen LogP contribution in [0.5, 0.6) is 0 Å². The molecule has 0 saturated carbocycles. The molecule has 3 rings (SSSR count). The molecule has 19 heavy (non-hydrogen) atoms. The van der Waals surface area contributed by atoms with Crippen LogP contribution in [0, 0.1) is 0 Å². The van der Waals surface area contributed by atoms with Gasteiger partial charge in [-0.2, -0.15) is 0 Å². The van der Waals surface area contributed by atoms with Crippen LogP contribution in [0.1, 0.15) is 14.7 Å². The summed E-state index contributed by atoms with van der Waals surface area (Å²) in [4.78, 5) is 21.7. The molecule has 1 amide bonds. The molecule has 0 atom stereocenters. The van der Waals surface area contributed by atoms with Crippen molar-refractivity contribution in [3.8, 4) is 0 Å². The van der Waals surface area contributed by atoms with Gasteiger partial charge >= 0.3 is 0 Å². The van der Waals surface area contributed by atoms with Crippen LogP contribution in [0.4, 0.5) is 5.69 Å². The molecule has 3 heterocycles. The van der Waals surface area contributed by atoms with Gasteiger partial charge in [-0.3, -0.25) is 4.79 Å². The molecule has 0 fully saturated rings. The number of rotatable bonds is 3. The molecular formula is C12H10N4OS2. The molecule has 0 spiro atoms.